The third kappa shape index (κ3) is 28.4. The molecule has 3 amide bonds. The van der Waals surface area contributed by atoms with Gasteiger partial charge in [0.25, 0.3) is 11.8 Å². The second kappa shape index (κ2) is 52.8. The van der Waals surface area contributed by atoms with Crippen LogP contribution in [0.15, 0.2) is 91.3 Å². The molecule has 0 bridgehead atoms. The van der Waals surface area contributed by atoms with E-state index < -0.39 is 47.7 Å². The summed E-state index contributed by atoms with van der Waals surface area (Å²) in [5.41, 5.74) is 12.0. The fourth-order valence-corrected chi connectivity index (χ4v) is 21.0. The first-order chi connectivity index (χ1) is 65.4. The van der Waals surface area contributed by atoms with Crippen LogP contribution >= 0.6 is 92.6 Å². The number of carbonyl (C=O) groups is 3. The highest BCUT2D eigenvalue weighted by Crippen LogP contribution is 2.45. The van der Waals surface area contributed by atoms with Gasteiger partial charge >= 0.3 is 24.2 Å². The number of alkyl halides is 6. The highest BCUT2D eigenvalue weighted by Gasteiger charge is 2.44. The van der Waals surface area contributed by atoms with E-state index in [4.69, 9.17) is 75.4 Å². The van der Waals surface area contributed by atoms with E-state index in [-0.39, 0.29) is 187 Å². The number of piperazine rings is 3. The van der Waals surface area contributed by atoms with Crippen LogP contribution in [-0.2, 0) is 59.5 Å². The van der Waals surface area contributed by atoms with E-state index in [1.165, 1.54) is 69.2 Å². The first-order valence-corrected chi connectivity index (χ1v) is 48.0. The van der Waals surface area contributed by atoms with Gasteiger partial charge in [-0.3, -0.25) is 24.2 Å². The Labute approximate surface area is 877 Å². The maximum atomic E-state index is 14.1. The van der Waals surface area contributed by atoms with Crippen LogP contribution in [0.1, 0.15) is 113 Å². The third-order valence-corrected chi connectivity index (χ3v) is 29.1. The standard InChI is InChI=1S/C35H47FN8O2.C34H40ClF5N8O2.C30H38FN7O2.6H2S/c1-25-8-5-10-32(26(25)2)42-17-13-30-31(23-42)38-35(46-24-28-9-6-14-40(28)4)39-34(30)43-18-19-44(29(22-43)20-37-3)33(45)11-7-15-41-16-12-27(36)21-41;1-41-18-24-19-47(16-17-48(24)29(49)9-5-13-45-15-11-33(36,37)22-45)31-25-10-14-46(28-8-3-7-26(35)30(28)34(38,39)40)20-27(25)42-32(43-31)50-21-23-6-4-12-44(23)2;1-20-8-6-10-27(21(20)2)36-13-11-25-26(18-36)33-30(40-19-23-9-7-12-35(23)5)34-28(25)37-14-15-38(29(39)22(3)31)24(17-37)16-32-4;;;;;;/h5,7-8,10-11,27-29H,6,9,12-24H2,1-2,4H3;3,5,7-9,23-24H,4,6,10-22H2,2H3;6,8,10,23-24H,3,7,9,11-19H2,1-2,5H3;6*1H2/b11-7+;9-5+;;;;;;;/t27?,28-,29-;2*23-,24-;;;;;;/m000....../s1. The van der Waals surface area contributed by atoms with E-state index in [1.807, 2.05) is 27.8 Å². The van der Waals surface area contributed by atoms with Crippen molar-refractivity contribution in [1.29, 1.82) is 0 Å². The van der Waals surface area contributed by atoms with Crippen LogP contribution in [0.25, 0.3) is 14.5 Å². The number of aryl methyl sites for hydroxylation is 2. The first kappa shape index (κ1) is 116. The lowest BCUT2D eigenvalue weighted by molar-refractivity contribution is -0.137. The Morgan fingerprint density at radius 3 is 1.20 bits per heavy atom. The van der Waals surface area contributed by atoms with Crippen molar-refractivity contribution in [3.8, 4) is 18.0 Å². The van der Waals surface area contributed by atoms with Crippen LogP contribution < -0.4 is 43.6 Å². The summed E-state index contributed by atoms with van der Waals surface area (Å²) in [7, 11) is 6.29. The molecule has 3 aromatic carbocycles. The Morgan fingerprint density at radius 1 is 0.479 bits per heavy atom. The van der Waals surface area contributed by atoms with Crippen molar-refractivity contribution in [2.75, 3.05) is 227 Å². The number of hydrogen-bond acceptors (Lipinski definition) is 23. The van der Waals surface area contributed by atoms with Gasteiger partial charge in [0.05, 0.1) is 59.5 Å². The molecule has 0 N–H and O–H groups in total. The number of benzene rings is 3. The molecule has 1 unspecified atom stereocenters. The molecule has 0 radical (unpaired) electrons. The molecule has 14 heterocycles. The Morgan fingerprint density at radius 2 is 0.852 bits per heavy atom. The van der Waals surface area contributed by atoms with Gasteiger partial charge < -0.3 is 87.5 Å². The smallest absolute Gasteiger partial charge is 0.419 e. The minimum Gasteiger partial charge on any atom is -0.462 e. The number of carbonyl (C=O) groups excluding carboxylic acids is 3. The largest absolute Gasteiger partial charge is 0.462 e. The minimum absolute atomic E-state index is 0. The van der Waals surface area contributed by atoms with Gasteiger partial charge in [-0.15, -0.1) is 0 Å². The highest BCUT2D eigenvalue weighted by molar-refractivity contribution is 7.60. The number of nitrogens with zero attached hydrogens (tertiary/aromatic N) is 23. The van der Waals surface area contributed by atoms with Crippen LogP contribution in [0.3, 0.4) is 0 Å². The molecule has 776 valence electrons. The van der Waals surface area contributed by atoms with E-state index in [0.29, 0.717) is 153 Å². The summed E-state index contributed by atoms with van der Waals surface area (Å²) in [5, 5.41) is -0.375. The number of likely N-dealkylation sites (tertiary alicyclic amines) is 5. The second-order valence-corrected chi connectivity index (χ2v) is 38.1. The summed E-state index contributed by atoms with van der Waals surface area (Å²) < 4.78 is 115. The van der Waals surface area contributed by atoms with Crippen molar-refractivity contribution >= 4 is 145 Å². The van der Waals surface area contributed by atoms with E-state index >= 15 is 0 Å². The van der Waals surface area contributed by atoms with Crippen molar-refractivity contribution in [3.63, 3.8) is 0 Å². The molecule has 6 aromatic rings. The molecule has 142 heavy (non-hydrogen) atoms. The molecule has 17 rings (SSSR count). The summed E-state index contributed by atoms with van der Waals surface area (Å²) in [6, 6.07) is 17.5. The predicted octanol–water partition coefficient (Wildman–Crippen LogP) is 12.9. The summed E-state index contributed by atoms with van der Waals surface area (Å²) >= 11 is 6.06. The normalized spacial score (nSPS) is 21.9. The number of ether oxygens (including phenoxy) is 3. The van der Waals surface area contributed by atoms with Gasteiger partial charge in [-0.1, -0.05) is 60.7 Å². The SMILES string of the molecule is S.S.S.S.S.S.[C-]#[N+]C[C@H]1CN(c2nc(OC[C@@H]3CCCN3C)nc3c2CCN(c2cccc(C)c2C)C3)CCN1C(=O)/C=C/CN1CCC(F)C1.[C-]#[N+]C[C@H]1CN(c2nc(OC[C@@H]3CCCN3C)nc3c2CCN(c2cccc(C)c2C)C3)CCN1C(=O)C(=C)F.[C-]#[N+]C[C@H]1CN(c2nc(OC[C@@H]3CCCN3C)nc3c2CCN(c2cccc(Cl)c2C(F)(F)F)C3)CCN1C(=O)/C=C/CN1CCC(F)(F)C1. The van der Waals surface area contributed by atoms with Gasteiger partial charge in [0.15, 0.2) is 5.83 Å². The molecule has 11 aliphatic rings. The number of anilines is 6. The molecule has 3 aromatic heterocycles. The van der Waals surface area contributed by atoms with Crippen molar-refractivity contribution in [3.05, 3.63) is 192 Å². The monoisotopic (exact) mass is 2100 g/mol. The molecule has 7 atom stereocenters. The first-order valence-electron chi connectivity index (χ1n) is 47.6. The third-order valence-electron chi connectivity index (χ3n) is 28.8. The molecule has 43 heteroatoms. The molecule has 0 aliphatic carbocycles. The van der Waals surface area contributed by atoms with Crippen LogP contribution in [0, 0.1) is 47.4 Å². The molecular formula is C99H137ClF7N23O6S6. The van der Waals surface area contributed by atoms with Gasteiger partial charge in [-0.25, -0.2) is 37.3 Å². The fourth-order valence-electron chi connectivity index (χ4n) is 20.7. The van der Waals surface area contributed by atoms with Crippen molar-refractivity contribution in [1.82, 2.24) is 69.1 Å². The Hall–Kier alpha value is -9.10. The van der Waals surface area contributed by atoms with E-state index in [0.717, 1.165) is 117 Å². The molecule has 11 aliphatic heterocycles. The summed E-state index contributed by atoms with van der Waals surface area (Å²) in [4.78, 5) is 107. The zero-order valence-electron chi connectivity index (χ0n) is 82.0. The zero-order valence-corrected chi connectivity index (χ0v) is 88.8. The van der Waals surface area contributed by atoms with Crippen LogP contribution in [0.2, 0.25) is 5.02 Å². The van der Waals surface area contributed by atoms with Crippen molar-refractivity contribution in [2.24, 2.45) is 0 Å². The van der Waals surface area contributed by atoms with E-state index in [2.05, 4.69) is 134 Å². The van der Waals surface area contributed by atoms with Gasteiger partial charge in [-0.2, -0.15) is 124 Å². The zero-order chi connectivity index (χ0) is 96.2. The Balaban J connectivity index is 0.000000234. The maximum Gasteiger partial charge on any atom is 0.419 e. The average molecular weight is 2110 g/mol. The van der Waals surface area contributed by atoms with Crippen LogP contribution in [0.4, 0.5) is 65.2 Å². The fraction of sp³-hybridized carbons (Fsp3) is 0.576. The molecular weight excluding hydrogens is 1970 g/mol. The predicted molar refractivity (Wildman–Crippen MR) is 572 cm³/mol. The molecule has 29 nitrogen and oxygen atoms in total. The van der Waals surface area contributed by atoms with Gasteiger partial charge in [0, 0.05) is 176 Å². The number of hydrogen-bond donors (Lipinski definition) is 0. The molecule has 0 saturated carbocycles. The number of aromatic nitrogens is 6. The second-order valence-electron chi connectivity index (χ2n) is 37.7. The van der Waals surface area contributed by atoms with Gasteiger partial charge in [0.1, 0.15) is 61.6 Å². The number of amides is 3. The highest BCUT2D eigenvalue weighted by atomic mass is 35.5. The Kier molecular flexibility index (Phi) is 43.3. The average Bonchev–Trinajstić information content (AvgIpc) is 0.888. The van der Waals surface area contributed by atoms with Gasteiger partial charge in [-0.05, 0) is 179 Å². The number of likely N-dealkylation sites (N-methyl/N-ethyl adjacent to an activating group) is 3. The van der Waals surface area contributed by atoms with Crippen molar-refractivity contribution in [2.45, 2.75) is 172 Å². The molecule has 0 spiro atoms. The topological polar surface area (TPSA) is 215 Å². The summed E-state index contributed by atoms with van der Waals surface area (Å²) in [5.74, 6) is -2.60. The van der Waals surface area contributed by atoms with E-state index in [9.17, 15) is 45.1 Å². The molecule has 8 saturated heterocycles. The quantitative estimate of drug-likeness (QED) is 0.0296. The van der Waals surface area contributed by atoms with Crippen molar-refractivity contribution < 1.29 is 59.3 Å². The van der Waals surface area contributed by atoms with Crippen LogP contribution in [0.5, 0.6) is 18.0 Å². The minimum atomic E-state index is -4.65. The lowest BCUT2D eigenvalue weighted by Gasteiger charge is -2.41. The lowest BCUT2D eigenvalue weighted by atomic mass is 10.0. The molecule has 8 fully saturated rings. The number of rotatable bonds is 25. The van der Waals surface area contributed by atoms with Gasteiger partial charge in [0.2, 0.25) is 31.4 Å². The van der Waals surface area contributed by atoms with E-state index in [1.54, 1.807) is 26.9 Å². The summed E-state index contributed by atoms with van der Waals surface area (Å²) in [6.45, 7) is 48.2. The summed E-state index contributed by atoms with van der Waals surface area (Å²) in [6.07, 6.45) is 9.76. The lowest BCUT2D eigenvalue weighted by Crippen LogP contribution is -2.57. The number of halogens is 8. The Bertz CT molecular complexity index is 5520. The number of fused-ring (bicyclic) bond motifs is 3. The maximum absolute atomic E-state index is 14.1. The van der Waals surface area contributed by atoms with Crippen LogP contribution in [-0.4, -0.2) is 333 Å².